The average molecular weight is 293 g/mol. The SMILES string of the molecule is CNC(=O)c1cc([N+](=O)[O-])ccc1NC1CCC(OC)C1. The minimum absolute atomic E-state index is 0.0969. The van der Waals surface area contributed by atoms with Crippen LogP contribution in [0.25, 0.3) is 0 Å². The van der Waals surface area contributed by atoms with E-state index < -0.39 is 4.92 Å². The zero-order chi connectivity index (χ0) is 15.4. The van der Waals surface area contributed by atoms with Crippen molar-refractivity contribution in [3.8, 4) is 0 Å². The van der Waals surface area contributed by atoms with Crippen LogP contribution in [0.15, 0.2) is 18.2 Å². The predicted octanol–water partition coefficient (Wildman–Crippen LogP) is 1.93. The lowest BCUT2D eigenvalue weighted by molar-refractivity contribution is -0.384. The summed E-state index contributed by atoms with van der Waals surface area (Å²) in [6.07, 6.45) is 3.00. The highest BCUT2D eigenvalue weighted by Crippen LogP contribution is 2.28. The van der Waals surface area contributed by atoms with Gasteiger partial charge >= 0.3 is 0 Å². The van der Waals surface area contributed by atoms with E-state index >= 15 is 0 Å². The molecule has 1 fully saturated rings. The number of amides is 1. The number of nitrogens with zero attached hydrogens (tertiary/aromatic N) is 1. The lowest BCUT2D eigenvalue weighted by Crippen LogP contribution is -2.23. The predicted molar refractivity (Wildman–Crippen MR) is 78.5 cm³/mol. The number of nitro groups is 1. The van der Waals surface area contributed by atoms with E-state index in [0.717, 1.165) is 19.3 Å². The van der Waals surface area contributed by atoms with Gasteiger partial charge in [0.1, 0.15) is 0 Å². The maximum absolute atomic E-state index is 11.9. The number of rotatable bonds is 5. The van der Waals surface area contributed by atoms with Crippen molar-refractivity contribution in [1.82, 2.24) is 5.32 Å². The molecule has 2 atom stereocenters. The number of ether oxygens (including phenoxy) is 1. The number of hydrogen-bond donors (Lipinski definition) is 2. The van der Waals surface area contributed by atoms with Crippen LogP contribution in [0.5, 0.6) is 0 Å². The Bertz CT molecular complexity index is 547. The van der Waals surface area contributed by atoms with Crippen LogP contribution in [-0.2, 0) is 4.74 Å². The molecule has 1 aliphatic carbocycles. The first-order valence-corrected chi connectivity index (χ1v) is 6.85. The summed E-state index contributed by atoms with van der Waals surface area (Å²) in [7, 11) is 3.19. The molecule has 1 aromatic rings. The number of anilines is 1. The molecule has 1 aliphatic rings. The third-order valence-corrected chi connectivity index (χ3v) is 3.76. The van der Waals surface area contributed by atoms with E-state index in [-0.39, 0.29) is 29.3 Å². The fourth-order valence-electron chi connectivity index (χ4n) is 2.60. The van der Waals surface area contributed by atoms with Gasteiger partial charge < -0.3 is 15.4 Å². The van der Waals surface area contributed by atoms with E-state index in [1.54, 1.807) is 13.2 Å². The highest BCUT2D eigenvalue weighted by Gasteiger charge is 2.26. The second-order valence-corrected chi connectivity index (χ2v) is 5.08. The highest BCUT2D eigenvalue weighted by molar-refractivity contribution is 6.00. The average Bonchev–Trinajstić information content (AvgIpc) is 2.94. The third kappa shape index (κ3) is 3.49. The molecule has 2 rings (SSSR count). The second-order valence-electron chi connectivity index (χ2n) is 5.08. The zero-order valence-electron chi connectivity index (χ0n) is 12.1. The molecular weight excluding hydrogens is 274 g/mol. The summed E-state index contributed by atoms with van der Waals surface area (Å²) in [5, 5.41) is 16.6. The largest absolute Gasteiger partial charge is 0.382 e. The van der Waals surface area contributed by atoms with Crippen LogP contribution in [0.3, 0.4) is 0 Å². The van der Waals surface area contributed by atoms with E-state index in [2.05, 4.69) is 10.6 Å². The summed E-state index contributed by atoms with van der Waals surface area (Å²) in [5.41, 5.74) is 0.801. The Balaban J connectivity index is 2.22. The lowest BCUT2D eigenvalue weighted by Gasteiger charge is -2.17. The Morgan fingerprint density at radius 2 is 2.19 bits per heavy atom. The number of hydrogen-bond acceptors (Lipinski definition) is 5. The molecule has 114 valence electrons. The summed E-state index contributed by atoms with van der Waals surface area (Å²) in [4.78, 5) is 22.2. The number of nitro benzene ring substituents is 1. The van der Waals surface area contributed by atoms with Gasteiger partial charge in [0.25, 0.3) is 11.6 Å². The van der Waals surface area contributed by atoms with Gasteiger partial charge in [0.2, 0.25) is 0 Å². The Kier molecular flexibility index (Phi) is 4.74. The summed E-state index contributed by atoms with van der Waals surface area (Å²) in [6.45, 7) is 0. The quantitative estimate of drug-likeness (QED) is 0.639. The van der Waals surface area contributed by atoms with Gasteiger partial charge in [-0.15, -0.1) is 0 Å². The van der Waals surface area contributed by atoms with E-state index in [4.69, 9.17) is 4.74 Å². The number of methoxy groups -OCH3 is 1. The summed E-state index contributed by atoms with van der Waals surface area (Å²) < 4.78 is 5.32. The minimum Gasteiger partial charge on any atom is -0.382 e. The molecule has 0 aromatic heterocycles. The van der Waals surface area contributed by atoms with Gasteiger partial charge in [-0.2, -0.15) is 0 Å². The van der Waals surface area contributed by atoms with Crippen LogP contribution >= 0.6 is 0 Å². The van der Waals surface area contributed by atoms with Crippen molar-refractivity contribution in [3.63, 3.8) is 0 Å². The maximum atomic E-state index is 11.9. The Labute approximate surface area is 122 Å². The molecule has 1 amide bonds. The van der Waals surface area contributed by atoms with E-state index in [1.165, 1.54) is 19.2 Å². The molecule has 7 heteroatoms. The second kappa shape index (κ2) is 6.53. The maximum Gasteiger partial charge on any atom is 0.270 e. The van der Waals surface area contributed by atoms with Crippen molar-refractivity contribution in [2.75, 3.05) is 19.5 Å². The van der Waals surface area contributed by atoms with Crippen LogP contribution in [0.1, 0.15) is 29.6 Å². The molecule has 0 radical (unpaired) electrons. The molecule has 2 N–H and O–H groups in total. The summed E-state index contributed by atoms with van der Waals surface area (Å²) >= 11 is 0. The van der Waals surface area contributed by atoms with Gasteiger partial charge in [0.05, 0.1) is 16.6 Å². The first-order valence-electron chi connectivity index (χ1n) is 6.85. The van der Waals surface area contributed by atoms with Crippen molar-refractivity contribution in [1.29, 1.82) is 0 Å². The molecule has 1 aromatic carbocycles. The standard InChI is InChI=1S/C14H19N3O4/c1-15-14(18)12-8-10(17(19)20)4-6-13(12)16-9-3-5-11(7-9)21-2/h4,6,8-9,11,16H,3,5,7H2,1-2H3,(H,15,18). The van der Waals surface area contributed by atoms with Gasteiger partial charge in [-0.05, 0) is 25.3 Å². The molecule has 7 nitrogen and oxygen atoms in total. The smallest absolute Gasteiger partial charge is 0.270 e. The fourth-order valence-corrected chi connectivity index (χ4v) is 2.60. The van der Waals surface area contributed by atoms with Gasteiger partial charge in [-0.3, -0.25) is 14.9 Å². The Hall–Kier alpha value is -2.15. The van der Waals surface area contributed by atoms with Gasteiger partial charge in [0.15, 0.2) is 0 Å². The van der Waals surface area contributed by atoms with Crippen LogP contribution < -0.4 is 10.6 Å². The molecule has 1 saturated carbocycles. The minimum atomic E-state index is -0.507. The molecule has 0 spiro atoms. The van der Waals surface area contributed by atoms with Crippen molar-refractivity contribution >= 4 is 17.3 Å². The lowest BCUT2D eigenvalue weighted by atomic mass is 10.1. The highest BCUT2D eigenvalue weighted by atomic mass is 16.6. The molecule has 2 unspecified atom stereocenters. The van der Waals surface area contributed by atoms with E-state index in [1.807, 2.05) is 0 Å². The molecule has 0 aliphatic heterocycles. The molecule has 0 bridgehead atoms. The van der Waals surface area contributed by atoms with Gasteiger partial charge in [-0.1, -0.05) is 0 Å². The van der Waals surface area contributed by atoms with Crippen LogP contribution in [0.4, 0.5) is 11.4 Å². The first kappa shape index (κ1) is 15.2. The van der Waals surface area contributed by atoms with Crippen LogP contribution in [0.2, 0.25) is 0 Å². The number of benzene rings is 1. The molecular formula is C14H19N3O4. The van der Waals surface area contributed by atoms with Gasteiger partial charge in [0, 0.05) is 38.0 Å². The Morgan fingerprint density at radius 3 is 2.76 bits per heavy atom. The topological polar surface area (TPSA) is 93.5 Å². The van der Waals surface area contributed by atoms with Crippen LogP contribution in [-0.4, -0.2) is 37.1 Å². The number of carbonyl (C=O) groups excluding carboxylic acids is 1. The number of carbonyl (C=O) groups is 1. The van der Waals surface area contributed by atoms with Crippen molar-refractivity contribution < 1.29 is 14.5 Å². The molecule has 0 heterocycles. The monoisotopic (exact) mass is 293 g/mol. The van der Waals surface area contributed by atoms with Crippen molar-refractivity contribution in [2.45, 2.75) is 31.4 Å². The van der Waals surface area contributed by atoms with E-state index in [0.29, 0.717) is 5.69 Å². The van der Waals surface area contributed by atoms with E-state index in [9.17, 15) is 14.9 Å². The van der Waals surface area contributed by atoms with Gasteiger partial charge in [-0.25, -0.2) is 0 Å². The third-order valence-electron chi connectivity index (χ3n) is 3.76. The first-order chi connectivity index (χ1) is 10.0. The summed E-state index contributed by atoms with van der Waals surface area (Å²) in [6, 6.07) is 4.49. The fraction of sp³-hybridized carbons (Fsp3) is 0.500. The number of nitrogens with one attached hydrogen (secondary N) is 2. The molecule has 21 heavy (non-hydrogen) atoms. The molecule has 0 saturated heterocycles. The number of non-ortho nitro benzene ring substituents is 1. The normalized spacial score (nSPS) is 21.0. The van der Waals surface area contributed by atoms with Crippen LogP contribution in [0, 0.1) is 10.1 Å². The summed E-state index contributed by atoms with van der Waals surface area (Å²) in [5.74, 6) is -0.345. The van der Waals surface area contributed by atoms with Crippen molar-refractivity contribution in [3.05, 3.63) is 33.9 Å². The zero-order valence-corrected chi connectivity index (χ0v) is 12.1. The van der Waals surface area contributed by atoms with Crippen molar-refractivity contribution in [2.24, 2.45) is 0 Å². The Morgan fingerprint density at radius 1 is 1.43 bits per heavy atom.